The number of rotatable bonds is 4. The van der Waals surface area contributed by atoms with Crippen molar-refractivity contribution in [3.63, 3.8) is 0 Å². The average Bonchev–Trinajstić information content (AvgIpc) is 3.75. The Hall–Kier alpha value is -6.69. The SMILES string of the molecule is c1ccc(-c2nc(-c3ccc4ccccc4c3)nc(-c3cccc4sc5ccc(-n6c7ccccc7c7cc8ccccc8cc76)cc5c34)n2)cc1. The van der Waals surface area contributed by atoms with Crippen molar-refractivity contribution in [3.05, 3.63) is 170 Å². The van der Waals surface area contributed by atoms with Crippen LogP contribution in [-0.2, 0) is 0 Å². The van der Waals surface area contributed by atoms with Crippen molar-refractivity contribution >= 4 is 74.9 Å². The third kappa shape index (κ3) is 4.57. The highest BCUT2D eigenvalue weighted by Crippen LogP contribution is 2.42. The molecule has 0 aliphatic heterocycles. The largest absolute Gasteiger partial charge is 0.309 e. The lowest BCUT2D eigenvalue weighted by Gasteiger charge is -2.11. The number of hydrogen-bond acceptors (Lipinski definition) is 4. The van der Waals surface area contributed by atoms with E-state index in [0.29, 0.717) is 17.5 Å². The van der Waals surface area contributed by atoms with Gasteiger partial charge in [-0.15, -0.1) is 11.3 Å². The molecule has 5 heteroatoms. The van der Waals surface area contributed by atoms with Gasteiger partial charge in [-0.3, -0.25) is 0 Å². The number of aromatic nitrogens is 4. The number of fused-ring (bicyclic) bond motifs is 8. The zero-order valence-electron chi connectivity index (χ0n) is 27.9. The maximum Gasteiger partial charge on any atom is 0.164 e. The van der Waals surface area contributed by atoms with Crippen LogP contribution in [0.1, 0.15) is 0 Å². The van der Waals surface area contributed by atoms with Crippen LogP contribution in [0.2, 0.25) is 0 Å². The van der Waals surface area contributed by atoms with Crippen molar-refractivity contribution in [1.82, 2.24) is 19.5 Å². The Labute approximate surface area is 302 Å². The normalized spacial score (nSPS) is 11.8. The molecule has 0 amide bonds. The minimum absolute atomic E-state index is 0.656. The summed E-state index contributed by atoms with van der Waals surface area (Å²) >= 11 is 1.81. The van der Waals surface area contributed by atoms with E-state index in [2.05, 4.69) is 156 Å². The monoisotopic (exact) mass is 680 g/mol. The first kappa shape index (κ1) is 29.1. The third-order valence-corrected chi connectivity index (χ3v) is 11.3. The summed E-state index contributed by atoms with van der Waals surface area (Å²) in [6.07, 6.45) is 0. The van der Waals surface area contributed by atoms with Crippen LogP contribution in [0.4, 0.5) is 0 Å². The third-order valence-electron chi connectivity index (χ3n) is 10.2. The van der Waals surface area contributed by atoms with Gasteiger partial charge in [-0.1, -0.05) is 121 Å². The van der Waals surface area contributed by atoms with E-state index in [-0.39, 0.29) is 0 Å². The molecule has 0 saturated heterocycles. The van der Waals surface area contributed by atoms with Crippen molar-refractivity contribution < 1.29 is 0 Å². The number of nitrogens with zero attached hydrogens (tertiary/aromatic N) is 4. The van der Waals surface area contributed by atoms with Crippen LogP contribution in [-0.4, -0.2) is 19.5 Å². The zero-order chi connectivity index (χ0) is 34.2. The van der Waals surface area contributed by atoms with E-state index in [0.717, 1.165) is 33.2 Å². The van der Waals surface area contributed by atoms with E-state index in [9.17, 15) is 0 Å². The molecule has 0 unspecified atom stereocenters. The van der Waals surface area contributed by atoms with Crippen LogP contribution in [0.5, 0.6) is 0 Å². The minimum atomic E-state index is 0.656. The van der Waals surface area contributed by atoms with Crippen LogP contribution in [0.25, 0.3) is 103 Å². The maximum absolute atomic E-state index is 5.20. The average molecular weight is 681 g/mol. The molecule has 3 aromatic heterocycles. The molecule has 11 rings (SSSR count). The van der Waals surface area contributed by atoms with Gasteiger partial charge in [0.1, 0.15) is 0 Å². The topological polar surface area (TPSA) is 43.6 Å². The van der Waals surface area contributed by atoms with Gasteiger partial charge in [0.2, 0.25) is 0 Å². The summed E-state index contributed by atoms with van der Waals surface area (Å²) in [6.45, 7) is 0. The molecule has 0 atom stereocenters. The minimum Gasteiger partial charge on any atom is -0.309 e. The van der Waals surface area contributed by atoms with Gasteiger partial charge >= 0.3 is 0 Å². The van der Waals surface area contributed by atoms with Gasteiger partial charge in [0, 0.05) is 53.3 Å². The molecular weight excluding hydrogens is 653 g/mol. The van der Waals surface area contributed by atoms with Crippen LogP contribution in [0, 0.1) is 0 Å². The predicted octanol–water partition coefficient (Wildman–Crippen LogP) is 12.6. The van der Waals surface area contributed by atoms with Crippen molar-refractivity contribution in [2.75, 3.05) is 0 Å². The molecule has 0 fully saturated rings. The van der Waals surface area contributed by atoms with Crippen LogP contribution >= 0.6 is 11.3 Å². The van der Waals surface area contributed by atoms with Gasteiger partial charge in [-0.25, -0.2) is 15.0 Å². The van der Waals surface area contributed by atoms with Crippen LogP contribution in [0.3, 0.4) is 0 Å². The molecule has 4 nitrogen and oxygen atoms in total. The molecule has 52 heavy (non-hydrogen) atoms. The van der Waals surface area contributed by atoms with E-state index >= 15 is 0 Å². The van der Waals surface area contributed by atoms with Crippen LogP contribution in [0.15, 0.2) is 170 Å². The fourth-order valence-electron chi connectivity index (χ4n) is 7.74. The van der Waals surface area contributed by atoms with Crippen molar-refractivity contribution in [3.8, 4) is 39.9 Å². The van der Waals surface area contributed by atoms with Gasteiger partial charge in [0.05, 0.1) is 11.0 Å². The highest BCUT2D eigenvalue weighted by atomic mass is 32.1. The summed E-state index contributed by atoms with van der Waals surface area (Å²) in [5.74, 6) is 1.98. The molecule has 0 radical (unpaired) electrons. The molecule has 0 bridgehead atoms. The van der Waals surface area contributed by atoms with Crippen molar-refractivity contribution in [2.45, 2.75) is 0 Å². The highest BCUT2D eigenvalue weighted by molar-refractivity contribution is 7.26. The van der Waals surface area contributed by atoms with Crippen molar-refractivity contribution in [1.29, 1.82) is 0 Å². The molecule has 3 heterocycles. The van der Waals surface area contributed by atoms with Gasteiger partial charge in [-0.2, -0.15) is 0 Å². The number of thiophene rings is 1. The van der Waals surface area contributed by atoms with E-state index in [4.69, 9.17) is 15.0 Å². The van der Waals surface area contributed by atoms with Gasteiger partial charge in [0.15, 0.2) is 17.5 Å². The second-order valence-corrected chi connectivity index (χ2v) is 14.3. The second-order valence-electron chi connectivity index (χ2n) is 13.3. The van der Waals surface area contributed by atoms with Gasteiger partial charge < -0.3 is 4.57 Å². The first-order valence-electron chi connectivity index (χ1n) is 17.4. The molecule has 0 spiro atoms. The van der Waals surface area contributed by atoms with E-state index in [1.165, 1.54) is 52.8 Å². The molecule has 11 aromatic rings. The first-order valence-corrected chi connectivity index (χ1v) is 18.3. The molecular formula is C47H28N4S. The fraction of sp³-hybridized carbons (Fsp3) is 0. The Balaban J connectivity index is 1.16. The maximum atomic E-state index is 5.20. The molecule has 8 aromatic carbocycles. The summed E-state index contributed by atoms with van der Waals surface area (Å²) in [4.78, 5) is 15.4. The lowest BCUT2D eigenvalue weighted by atomic mass is 10.0. The van der Waals surface area contributed by atoms with Gasteiger partial charge in [0.25, 0.3) is 0 Å². The number of hydrogen-bond donors (Lipinski definition) is 0. The quantitative estimate of drug-likeness (QED) is 0.186. The van der Waals surface area contributed by atoms with Crippen LogP contribution < -0.4 is 0 Å². The standard InChI is InChI=1S/C47H28N4S/c1-2-12-30(13-3-1)45-48-46(34-22-21-29-11-4-5-14-31(29)25-34)50-47(49-45)37-18-10-20-43-44(37)39-28-35(23-24-42(39)52-43)51-40-19-9-8-17-36(40)38-26-32-15-6-7-16-33(32)27-41(38)51/h1-28H. The highest BCUT2D eigenvalue weighted by Gasteiger charge is 2.19. The van der Waals surface area contributed by atoms with Gasteiger partial charge in [-0.05, 0) is 70.1 Å². The second kappa shape index (κ2) is 11.4. The molecule has 0 aliphatic carbocycles. The Bertz CT molecular complexity index is 3190. The first-order chi connectivity index (χ1) is 25.7. The lowest BCUT2D eigenvalue weighted by molar-refractivity contribution is 1.08. The molecule has 242 valence electrons. The zero-order valence-corrected chi connectivity index (χ0v) is 28.7. The Morgan fingerprint density at radius 3 is 1.92 bits per heavy atom. The summed E-state index contributed by atoms with van der Waals surface area (Å²) in [6, 6.07) is 60.4. The summed E-state index contributed by atoms with van der Waals surface area (Å²) < 4.78 is 4.84. The van der Waals surface area contributed by atoms with E-state index < -0.39 is 0 Å². The Morgan fingerprint density at radius 2 is 1.08 bits per heavy atom. The van der Waals surface area contributed by atoms with E-state index in [1.54, 1.807) is 0 Å². The van der Waals surface area contributed by atoms with E-state index in [1.807, 2.05) is 29.5 Å². The molecule has 0 N–H and O–H groups in total. The summed E-state index contributed by atoms with van der Waals surface area (Å²) in [5, 5.41) is 9.67. The number of benzene rings is 8. The Kier molecular flexibility index (Phi) is 6.39. The number of para-hydroxylation sites is 1. The predicted molar refractivity (Wildman–Crippen MR) is 218 cm³/mol. The summed E-state index contributed by atoms with van der Waals surface area (Å²) in [7, 11) is 0. The lowest BCUT2D eigenvalue weighted by Crippen LogP contribution is -2.00. The summed E-state index contributed by atoms with van der Waals surface area (Å²) in [5.41, 5.74) is 6.43. The van der Waals surface area contributed by atoms with Crippen molar-refractivity contribution in [2.24, 2.45) is 0 Å². The Morgan fingerprint density at radius 1 is 0.385 bits per heavy atom. The smallest absolute Gasteiger partial charge is 0.164 e. The molecule has 0 saturated carbocycles. The molecule has 0 aliphatic rings. The fourth-order valence-corrected chi connectivity index (χ4v) is 8.86.